The van der Waals surface area contributed by atoms with E-state index in [0.29, 0.717) is 6.04 Å². The fraction of sp³-hybridized carbons (Fsp3) is 1.00. The molecular formula is C9H22N2O2S. The van der Waals surface area contributed by atoms with Crippen LogP contribution in [0.25, 0.3) is 0 Å². The Kier molecular flexibility index (Phi) is 5.63. The summed E-state index contributed by atoms with van der Waals surface area (Å²) < 4.78 is 21.9. The van der Waals surface area contributed by atoms with Crippen LogP contribution in [0.15, 0.2) is 0 Å². The predicted molar refractivity (Wildman–Crippen MR) is 60.3 cm³/mol. The van der Waals surface area contributed by atoms with Crippen molar-refractivity contribution in [2.75, 3.05) is 32.6 Å². The summed E-state index contributed by atoms with van der Waals surface area (Å²) in [5, 5.41) is 3.20. The third kappa shape index (κ3) is 7.29. The topological polar surface area (TPSA) is 49.4 Å². The van der Waals surface area contributed by atoms with E-state index in [1.54, 1.807) is 0 Å². The van der Waals surface area contributed by atoms with Crippen LogP contribution in [-0.2, 0) is 9.84 Å². The Morgan fingerprint density at radius 3 is 2.14 bits per heavy atom. The molecule has 0 aliphatic carbocycles. The van der Waals surface area contributed by atoms with Crippen LogP contribution in [0.4, 0.5) is 0 Å². The predicted octanol–water partition coefficient (Wildman–Crippen LogP) is -0.0408. The standard InChI is InChI=1S/C9H22N2O2S/c1-8(7-14(5,12)13)10-6-9(2)11(3)4/h8-10H,6-7H2,1-5H3. The van der Waals surface area contributed by atoms with Crippen LogP contribution in [0, 0.1) is 0 Å². The molecule has 86 valence electrons. The van der Waals surface area contributed by atoms with Gasteiger partial charge in [0.05, 0.1) is 5.75 Å². The first kappa shape index (κ1) is 13.9. The van der Waals surface area contributed by atoms with E-state index in [-0.39, 0.29) is 11.8 Å². The molecule has 0 bridgehead atoms. The first-order valence-corrected chi connectivity index (χ1v) is 6.86. The smallest absolute Gasteiger partial charge is 0.148 e. The lowest BCUT2D eigenvalue weighted by molar-refractivity contribution is 0.297. The van der Waals surface area contributed by atoms with E-state index in [2.05, 4.69) is 17.1 Å². The number of hydrogen-bond donors (Lipinski definition) is 1. The second-order valence-corrected chi connectivity index (χ2v) is 6.40. The molecule has 14 heavy (non-hydrogen) atoms. The van der Waals surface area contributed by atoms with Crippen molar-refractivity contribution >= 4 is 9.84 Å². The van der Waals surface area contributed by atoms with Crippen LogP contribution in [0.5, 0.6) is 0 Å². The van der Waals surface area contributed by atoms with E-state index in [1.807, 2.05) is 21.0 Å². The molecular weight excluding hydrogens is 200 g/mol. The van der Waals surface area contributed by atoms with Crippen molar-refractivity contribution in [1.29, 1.82) is 0 Å². The maximum Gasteiger partial charge on any atom is 0.148 e. The van der Waals surface area contributed by atoms with Gasteiger partial charge in [-0.05, 0) is 27.9 Å². The zero-order chi connectivity index (χ0) is 11.4. The highest BCUT2D eigenvalue weighted by atomic mass is 32.2. The average Bonchev–Trinajstić information content (AvgIpc) is 1.96. The van der Waals surface area contributed by atoms with Gasteiger partial charge >= 0.3 is 0 Å². The van der Waals surface area contributed by atoms with Crippen molar-refractivity contribution in [2.45, 2.75) is 25.9 Å². The van der Waals surface area contributed by atoms with Crippen molar-refractivity contribution in [3.05, 3.63) is 0 Å². The van der Waals surface area contributed by atoms with E-state index < -0.39 is 9.84 Å². The summed E-state index contributed by atoms with van der Waals surface area (Å²) in [7, 11) is 1.15. The van der Waals surface area contributed by atoms with Gasteiger partial charge in [-0.3, -0.25) is 0 Å². The maximum absolute atomic E-state index is 11.0. The van der Waals surface area contributed by atoms with Crippen molar-refractivity contribution in [3.63, 3.8) is 0 Å². The number of sulfone groups is 1. The Balaban J connectivity index is 3.80. The lowest BCUT2D eigenvalue weighted by atomic mass is 10.3. The minimum absolute atomic E-state index is 0.0207. The molecule has 5 heteroatoms. The number of nitrogens with one attached hydrogen (secondary N) is 1. The summed E-state index contributed by atoms with van der Waals surface area (Å²) in [6.45, 7) is 4.80. The average molecular weight is 222 g/mol. The summed E-state index contributed by atoms with van der Waals surface area (Å²) in [4.78, 5) is 2.10. The largest absolute Gasteiger partial charge is 0.312 e. The van der Waals surface area contributed by atoms with Crippen LogP contribution in [0.1, 0.15) is 13.8 Å². The lowest BCUT2D eigenvalue weighted by Crippen LogP contribution is -2.41. The van der Waals surface area contributed by atoms with Gasteiger partial charge in [0.25, 0.3) is 0 Å². The minimum atomic E-state index is -2.87. The third-order valence-electron chi connectivity index (χ3n) is 2.20. The van der Waals surface area contributed by atoms with E-state index in [1.165, 1.54) is 6.26 Å². The van der Waals surface area contributed by atoms with Crippen molar-refractivity contribution in [3.8, 4) is 0 Å². The zero-order valence-electron chi connectivity index (χ0n) is 9.74. The molecule has 0 saturated heterocycles. The molecule has 0 aliphatic rings. The number of rotatable bonds is 6. The molecule has 0 aromatic carbocycles. The van der Waals surface area contributed by atoms with Crippen molar-refractivity contribution < 1.29 is 8.42 Å². The molecule has 1 N–H and O–H groups in total. The molecule has 0 spiro atoms. The van der Waals surface area contributed by atoms with Gasteiger partial charge in [-0.1, -0.05) is 0 Å². The SMILES string of the molecule is CC(CS(C)(=O)=O)NCC(C)N(C)C. The van der Waals surface area contributed by atoms with Gasteiger partial charge in [0.1, 0.15) is 9.84 Å². The summed E-state index contributed by atoms with van der Waals surface area (Å²) in [5.74, 6) is 0.202. The molecule has 0 aromatic heterocycles. The summed E-state index contributed by atoms with van der Waals surface area (Å²) in [6, 6.07) is 0.435. The highest BCUT2D eigenvalue weighted by Crippen LogP contribution is 1.93. The molecule has 2 atom stereocenters. The molecule has 0 aliphatic heterocycles. The Labute approximate surface area is 87.6 Å². The van der Waals surface area contributed by atoms with Gasteiger partial charge in [-0.15, -0.1) is 0 Å². The van der Waals surface area contributed by atoms with Gasteiger partial charge < -0.3 is 10.2 Å². The Morgan fingerprint density at radius 1 is 1.29 bits per heavy atom. The minimum Gasteiger partial charge on any atom is -0.312 e. The molecule has 0 radical (unpaired) electrons. The highest BCUT2D eigenvalue weighted by molar-refractivity contribution is 7.90. The Morgan fingerprint density at radius 2 is 1.79 bits per heavy atom. The van der Waals surface area contributed by atoms with Crippen LogP contribution < -0.4 is 5.32 Å². The van der Waals surface area contributed by atoms with Gasteiger partial charge in [0, 0.05) is 24.9 Å². The van der Waals surface area contributed by atoms with E-state index in [4.69, 9.17) is 0 Å². The van der Waals surface area contributed by atoms with Crippen molar-refractivity contribution in [2.24, 2.45) is 0 Å². The molecule has 2 unspecified atom stereocenters. The van der Waals surface area contributed by atoms with Crippen molar-refractivity contribution in [1.82, 2.24) is 10.2 Å². The van der Waals surface area contributed by atoms with Gasteiger partial charge in [0.15, 0.2) is 0 Å². The van der Waals surface area contributed by atoms with Gasteiger partial charge in [-0.25, -0.2) is 8.42 Å². The van der Waals surface area contributed by atoms with Crippen LogP contribution in [0.2, 0.25) is 0 Å². The fourth-order valence-corrected chi connectivity index (χ4v) is 2.09. The van der Waals surface area contributed by atoms with E-state index in [9.17, 15) is 8.42 Å². The maximum atomic E-state index is 11.0. The number of likely N-dealkylation sites (N-methyl/N-ethyl adjacent to an activating group) is 1. The van der Waals surface area contributed by atoms with Crippen LogP contribution in [0.3, 0.4) is 0 Å². The molecule has 0 heterocycles. The van der Waals surface area contributed by atoms with E-state index >= 15 is 0 Å². The number of hydrogen-bond acceptors (Lipinski definition) is 4. The van der Waals surface area contributed by atoms with Crippen LogP contribution in [-0.4, -0.2) is 58.1 Å². The molecule has 0 amide bonds. The quantitative estimate of drug-likeness (QED) is 0.685. The molecule has 0 saturated carbocycles. The molecule has 0 fully saturated rings. The van der Waals surface area contributed by atoms with Crippen LogP contribution >= 0.6 is 0 Å². The summed E-state index contributed by atoms with van der Waals surface area (Å²) in [6.07, 6.45) is 1.26. The monoisotopic (exact) mass is 222 g/mol. The molecule has 0 aromatic rings. The second-order valence-electron chi connectivity index (χ2n) is 4.21. The number of nitrogens with zero attached hydrogens (tertiary/aromatic N) is 1. The highest BCUT2D eigenvalue weighted by Gasteiger charge is 2.11. The fourth-order valence-electron chi connectivity index (χ4n) is 1.07. The lowest BCUT2D eigenvalue weighted by Gasteiger charge is -2.22. The first-order valence-electron chi connectivity index (χ1n) is 4.80. The molecule has 4 nitrogen and oxygen atoms in total. The normalized spacial score (nSPS) is 17.0. The van der Waals surface area contributed by atoms with Gasteiger partial charge in [0.2, 0.25) is 0 Å². The Bertz CT molecular complexity index is 250. The Hall–Kier alpha value is -0.130. The zero-order valence-corrected chi connectivity index (χ0v) is 10.6. The summed E-state index contributed by atoms with van der Waals surface area (Å²) in [5.41, 5.74) is 0. The van der Waals surface area contributed by atoms with E-state index in [0.717, 1.165) is 6.54 Å². The van der Waals surface area contributed by atoms with Gasteiger partial charge in [-0.2, -0.15) is 0 Å². The third-order valence-corrected chi connectivity index (χ3v) is 3.30. The molecule has 0 rings (SSSR count). The first-order chi connectivity index (χ1) is 6.22. The second kappa shape index (κ2) is 5.68. The summed E-state index contributed by atoms with van der Waals surface area (Å²) >= 11 is 0.